The Labute approximate surface area is 224 Å². The van der Waals surface area contributed by atoms with Gasteiger partial charge in [-0.1, -0.05) is 18.9 Å². The number of aromatic nitrogens is 1. The Kier molecular flexibility index (Phi) is 9.55. The molecule has 38 heavy (non-hydrogen) atoms. The third kappa shape index (κ3) is 7.66. The van der Waals surface area contributed by atoms with Crippen molar-refractivity contribution in [2.24, 2.45) is 5.41 Å². The number of aryl methyl sites for hydroxylation is 1. The molecule has 0 aromatic carbocycles. The number of carboxylic acid groups (broad SMARTS) is 1. The first kappa shape index (κ1) is 27.8. The summed E-state index contributed by atoms with van der Waals surface area (Å²) in [5.74, 6) is -0.699. The minimum absolute atomic E-state index is 0.0387. The number of aliphatic carboxylic acids is 1. The number of hydrogen-bond donors (Lipinski definition) is 3. The van der Waals surface area contributed by atoms with Crippen molar-refractivity contribution < 1.29 is 23.9 Å². The van der Waals surface area contributed by atoms with E-state index in [1.807, 2.05) is 19.1 Å². The van der Waals surface area contributed by atoms with Crippen molar-refractivity contribution in [3.05, 3.63) is 42.0 Å². The average molecular weight is 525 g/mol. The van der Waals surface area contributed by atoms with Crippen molar-refractivity contribution in [1.82, 2.24) is 20.5 Å². The van der Waals surface area contributed by atoms with E-state index in [1.165, 1.54) is 6.26 Å². The molecular weight excluding hydrogens is 484 g/mol. The van der Waals surface area contributed by atoms with Crippen LogP contribution in [-0.2, 0) is 9.59 Å². The Morgan fingerprint density at radius 2 is 1.92 bits per heavy atom. The molecule has 1 saturated carbocycles. The maximum atomic E-state index is 13.0. The van der Waals surface area contributed by atoms with Crippen LogP contribution >= 0.6 is 0 Å². The fraction of sp³-hybridized carbons (Fsp3) is 0.586. The summed E-state index contributed by atoms with van der Waals surface area (Å²) >= 11 is 0. The highest BCUT2D eigenvalue weighted by atomic mass is 16.4. The van der Waals surface area contributed by atoms with E-state index in [2.05, 4.69) is 20.5 Å². The van der Waals surface area contributed by atoms with Crippen molar-refractivity contribution in [2.45, 2.75) is 77.2 Å². The zero-order chi connectivity index (χ0) is 27.0. The molecule has 9 heteroatoms. The molecule has 2 fully saturated rings. The summed E-state index contributed by atoms with van der Waals surface area (Å²) in [5.41, 5.74) is 2.53. The Morgan fingerprint density at radius 3 is 2.61 bits per heavy atom. The molecule has 1 saturated heterocycles. The second-order valence-corrected chi connectivity index (χ2v) is 11.0. The van der Waals surface area contributed by atoms with Crippen LogP contribution in [0.2, 0.25) is 0 Å². The van der Waals surface area contributed by atoms with Gasteiger partial charge >= 0.3 is 5.97 Å². The van der Waals surface area contributed by atoms with E-state index in [4.69, 9.17) is 9.52 Å². The van der Waals surface area contributed by atoms with Crippen molar-refractivity contribution in [2.75, 3.05) is 26.2 Å². The predicted octanol–water partition coefficient (Wildman–Crippen LogP) is 4.17. The summed E-state index contributed by atoms with van der Waals surface area (Å²) in [6.07, 6.45) is 11.6. The maximum absolute atomic E-state index is 13.0. The van der Waals surface area contributed by atoms with Crippen LogP contribution in [0.5, 0.6) is 0 Å². The number of carboxylic acids is 1. The number of carbonyl (C=O) groups excluding carboxylic acids is 2. The van der Waals surface area contributed by atoms with E-state index in [0.29, 0.717) is 30.7 Å². The average Bonchev–Trinajstić information content (AvgIpc) is 3.57. The molecule has 1 aliphatic carbocycles. The minimum atomic E-state index is -0.833. The Morgan fingerprint density at radius 1 is 1.16 bits per heavy atom. The molecule has 9 nitrogen and oxygen atoms in total. The van der Waals surface area contributed by atoms with E-state index in [-0.39, 0.29) is 29.7 Å². The van der Waals surface area contributed by atoms with Crippen LogP contribution < -0.4 is 10.6 Å². The summed E-state index contributed by atoms with van der Waals surface area (Å²) in [6, 6.07) is 5.75. The van der Waals surface area contributed by atoms with Gasteiger partial charge in [0.05, 0.1) is 17.5 Å². The normalized spacial score (nSPS) is 17.8. The Balaban J connectivity index is 1.21. The molecule has 4 rings (SSSR count). The summed E-state index contributed by atoms with van der Waals surface area (Å²) in [6.45, 7) is 5.17. The lowest BCUT2D eigenvalue weighted by molar-refractivity contribution is -0.137. The number of rotatable bonds is 12. The summed E-state index contributed by atoms with van der Waals surface area (Å²) in [5, 5.41) is 14.8. The van der Waals surface area contributed by atoms with Crippen LogP contribution in [-0.4, -0.2) is 65.0 Å². The molecule has 0 bridgehead atoms. The van der Waals surface area contributed by atoms with Crippen LogP contribution in [0.25, 0.3) is 11.3 Å². The number of nitrogens with one attached hydrogen (secondary N) is 2. The number of likely N-dealkylation sites (tertiary alicyclic amines) is 1. The van der Waals surface area contributed by atoms with Crippen molar-refractivity contribution in [1.29, 1.82) is 0 Å². The first-order chi connectivity index (χ1) is 18.3. The van der Waals surface area contributed by atoms with Gasteiger partial charge in [0, 0.05) is 44.7 Å². The third-order valence-electron chi connectivity index (χ3n) is 8.03. The molecule has 3 N–H and O–H groups in total. The molecule has 1 aliphatic heterocycles. The summed E-state index contributed by atoms with van der Waals surface area (Å²) < 4.78 is 5.53. The highest BCUT2D eigenvalue weighted by Crippen LogP contribution is 2.44. The molecule has 2 aromatic heterocycles. The van der Waals surface area contributed by atoms with E-state index in [1.54, 1.807) is 12.3 Å². The van der Waals surface area contributed by atoms with Crippen LogP contribution in [0.1, 0.15) is 80.3 Å². The first-order valence-electron chi connectivity index (χ1n) is 13.9. The standard InChI is InChI=1S/C29H40N4O5/c1-21-6-7-24(31-20-21)23-10-18-38-27(23)28(37)32-22-8-15-33(16-9-22)17-13-29(11-2-3-12-29)19-25(34)30-14-4-5-26(35)36/h6-7,10,18,20,22H,2-5,8-9,11-17,19H2,1H3,(H,30,34)(H,32,37)(H,35,36). The van der Waals surface area contributed by atoms with Gasteiger partial charge < -0.3 is 25.1 Å². The second kappa shape index (κ2) is 13.0. The lowest BCUT2D eigenvalue weighted by atomic mass is 9.79. The Hall–Kier alpha value is -3.20. The molecule has 2 amide bonds. The molecule has 0 radical (unpaired) electrons. The number of amides is 2. The molecular formula is C29H40N4O5. The van der Waals surface area contributed by atoms with Gasteiger partial charge in [0.1, 0.15) is 0 Å². The van der Waals surface area contributed by atoms with Gasteiger partial charge in [0.25, 0.3) is 5.91 Å². The van der Waals surface area contributed by atoms with Crippen LogP contribution in [0.3, 0.4) is 0 Å². The third-order valence-corrected chi connectivity index (χ3v) is 8.03. The fourth-order valence-corrected chi connectivity index (χ4v) is 5.77. The Bertz CT molecular complexity index is 1080. The summed E-state index contributed by atoms with van der Waals surface area (Å²) in [7, 11) is 0. The van der Waals surface area contributed by atoms with Gasteiger partial charge in [-0.25, -0.2) is 0 Å². The van der Waals surface area contributed by atoms with Gasteiger partial charge in [-0.05, 0) is 75.1 Å². The van der Waals surface area contributed by atoms with Gasteiger partial charge in [-0.2, -0.15) is 0 Å². The monoisotopic (exact) mass is 524 g/mol. The zero-order valence-corrected chi connectivity index (χ0v) is 22.3. The quantitative estimate of drug-likeness (QED) is 0.356. The van der Waals surface area contributed by atoms with Crippen molar-refractivity contribution >= 4 is 17.8 Å². The largest absolute Gasteiger partial charge is 0.481 e. The smallest absolute Gasteiger partial charge is 0.303 e. The molecule has 2 aliphatic rings. The lowest BCUT2D eigenvalue weighted by Gasteiger charge is -2.36. The molecule has 0 spiro atoms. The molecule has 2 aromatic rings. The maximum Gasteiger partial charge on any atom is 0.303 e. The number of nitrogens with zero attached hydrogens (tertiary/aromatic N) is 2. The lowest BCUT2D eigenvalue weighted by Crippen LogP contribution is -2.45. The number of pyridine rings is 1. The van der Waals surface area contributed by atoms with Crippen LogP contribution in [0.15, 0.2) is 35.1 Å². The molecule has 0 atom stereocenters. The number of carbonyl (C=O) groups is 3. The van der Waals surface area contributed by atoms with E-state index < -0.39 is 5.97 Å². The second-order valence-electron chi connectivity index (χ2n) is 11.0. The number of hydrogen-bond acceptors (Lipinski definition) is 6. The zero-order valence-electron chi connectivity index (χ0n) is 22.3. The van der Waals surface area contributed by atoms with Crippen molar-refractivity contribution in [3.63, 3.8) is 0 Å². The topological polar surface area (TPSA) is 125 Å². The molecule has 0 unspecified atom stereocenters. The number of piperidine rings is 1. The summed E-state index contributed by atoms with van der Waals surface area (Å²) in [4.78, 5) is 43.1. The molecule has 206 valence electrons. The first-order valence-corrected chi connectivity index (χ1v) is 13.9. The van der Waals surface area contributed by atoms with Gasteiger partial charge in [-0.15, -0.1) is 0 Å². The highest BCUT2D eigenvalue weighted by molar-refractivity contribution is 5.97. The van der Waals surface area contributed by atoms with Crippen LogP contribution in [0, 0.1) is 12.3 Å². The minimum Gasteiger partial charge on any atom is -0.481 e. The van der Waals surface area contributed by atoms with Crippen LogP contribution in [0.4, 0.5) is 0 Å². The van der Waals surface area contributed by atoms with Gasteiger partial charge in [0.15, 0.2) is 0 Å². The van der Waals surface area contributed by atoms with Crippen molar-refractivity contribution in [3.8, 4) is 11.3 Å². The predicted molar refractivity (Wildman–Crippen MR) is 144 cm³/mol. The fourth-order valence-electron chi connectivity index (χ4n) is 5.77. The molecule has 3 heterocycles. The highest BCUT2D eigenvalue weighted by Gasteiger charge is 2.36. The SMILES string of the molecule is Cc1ccc(-c2ccoc2C(=O)NC2CCN(CCC3(CC(=O)NCCCC(=O)O)CCCC3)CC2)nc1. The van der Waals surface area contributed by atoms with Gasteiger partial charge in [0.2, 0.25) is 11.7 Å². The number of furan rings is 1. The van der Waals surface area contributed by atoms with E-state index in [9.17, 15) is 14.4 Å². The van der Waals surface area contributed by atoms with E-state index in [0.717, 1.165) is 75.8 Å². The van der Waals surface area contributed by atoms with Gasteiger partial charge in [-0.3, -0.25) is 19.4 Å². The van der Waals surface area contributed by atoms with E-state index >= 15 is 0 Å².